The third kappa shape index (κ3) is 7.50. The summed E-state index contributed by atoms with van der Waals surface area (Å²) in [6.07, 6.45) is 0.158. The van der Waals surface area contributed by atoms with Crippen LogP contribution in [0.3, 0.4) is 0 Å². The zero-order chi connectivity index (χ0) is 26.1. The van der Waals surface area contributed by atoms with Crippen LogP contribution in [0.2, 0.25) is 0 Å². The van der Waals surface area contributed by atoms with Gasteiger partial charge in [-0.15, -0.1) is 0 Å². The normalized spacial score (nSPS) is 11.7. The van der Waals surface area contributed by atoms with Crippen LogP contribution in [0.25, 0.3) is 0 Å². The molecule has 1 atom stereocenters. The van der Waals surface area contributed by atoms with Gasteiger partial charge in [0, 0.05) is 31.1 Å². The van der Waals surface area contributed by atoms with Gasteiger partial charge in [-0.2, -0.15) is 0 Å². The summed E-state index contributed by atoms with van der Waals surface area (Å²) < 4.78 is 0. The van der Waals surface area contributed by atoms with Crippen molar-refractivity contribution in [2.75, 3.05) is 6.54 Å². The summed E-state index contributed by atoms with van der Waals surface area (Å²) in [5, 5.41) is 14.5. The Bertz CT molecular complexity index is 1180. The van der Waals surface area contributed by atoms with Gasteiger partial charge >= 0.3 is 0 Å². The topological polar surface area (TPSA) is 92.6 Å². The number of carbonyl (C=O) groups excluding carboxylic acids is 2. The summed E-state index contributed by atoms with van der Waals surface area (Å²) in [5.41, 5.74) is 3.11. The molecule has 2 amide bonds. The van der Waals surface area contributed by atoms with E-state index in [1.54, 1.807) is 23.1 Å². The standard InChI is InChI=1S/C29H33N3O4/c1-21(2)19-30-29(34)27(17-23-9-5-4-6-10-23)31(20-24-15-13-22(3)14-16-24)28(33)18-25-11-7-8-12-26(25)32(35)36/h4-16,21,27H,17-20H2,1-3H3,(H,30,34). The highest BCUT2D eigenvalue weighted by molar-refractivity contribution is 5.89. The molecule has 0 spiro atoms. The molecule has 1 N–H and O–H groups in total. The molecule has 0 radical (unpaired) electrons. The maximum atomic E-state index is 13.8. The lowest BCUT2D eigenvalue weighted by atomic mass is 10.0. The van der Waals surface area contributed by atoms with E-state index in [1.807, 2.05) is 75.4 Å². The molecular formula is C29H33N3O4. The maximum absolute atomic E-state index is 13.8. The van der Waals surface area contributed by atoms with Crippen molar-refractivity contribution in [2.24, 2.45) is 5.92 Å². The smallest absolute Gasteiger partial charge is 0.273 e. The summed E-state index contributed by atoms with van der Waals surface area (Å²) in [6, 6.07) is 22.8. The predicted octanol–water partition coefficient (Wildman–Crippen LogP) is 4.86. The molecule has 0 saturated carbocycles. The number of amides is 2. The highest BCUT2D eigenvalue weighted by atomic mass is 16.6. The molecule has 3 aromatic rings. The van der Waals surface area contributed by atoms with Crippen LogP contribution in [0, 0.1) is 23.0 Å². The molecule has 36 heavy (non-hydrogen) atoms. The number of carbonyl (C=O) groups is 2. The first-order valence-electron chi connectivity index (χ1n) is 12.1. The fraction of sp³-hybridized carbons (Fsp3) is 0.310. The van der Waals surface area contributed by atoms with Crippen LogP contribution in [0.15, 0.2) is 78.9 Å². The van der Waals surface area contributed by atoms with Gasteiger partial charge in [0.1, 0.15) is 6.04 Å². The van der Waals surface area contributed by atoms with Crippen molar-refractivity contribution in [3.05, 3.63) is 111 Å². The van der Waals surface area contributed by atoms with Gasteiger partial charge in [-0.05, 0) is 24.0 Å². The van der Waals surface area contributed by atoms with Crippen LogP contribution in [0.4, 0.5) is 5.69 Å². The molecule has 3 rings (SSSR count). The number of aryl methyl sites for hydroxylation is 1. The fourth-order valence-corrected chi connectivity index (χ4v) is 3.97. The van der Waals surface area contributed by atoms with Gasteiger partial charge in [-0.3, -0.25) is 19.7 Å². The first-order valence-corrected chi connectivity index (χ1v) is 12.1. The molecule has 0 fully saturated rings. The molecule has 1 unspecified atom stereocenters. The lowest BCUT2D eigenvalue weighted by molar-refractivity contribution is -0.385. The second kappa shape index (κ2) is 12.6. The molecule has 188 valence electrons. The van der Waals surface area contributed by atoms with Crippen LogP contribution >= 0.6 is 0 Å². The maximum Gasteiger partial charge on any atom is 0.273 e. The number of benzene rings is 3. The molecule has 0 bridgehead atoms. The molecule has 7 heteroatoms. The van der Waals surface area contributed by atoms with Crippen LogP contribution < -0.4 is 5.32 Å². The van der Waals surface area contributed by atoms with Crippen molar-refractivity contribution >= 4 is 17.5 Å². The number of nitro benzene ring substituents is 1. The van der Waals surface area contributed by atoms with Gasteiger partial charge in [-0.1, -0.05) is 92.2 Å². The molecule has 0 heterocycles. The van der Waals surface area contributed by atoms with Crippen molar-refractivity contribution in [1.29, 1.82) is 0 Å². The van der Waals surface area contributed by atoms with Gasteiger partial charge in [0.25, 0.3) is 5.69 Å². The monoisotopic (exact) mass is 487 g/mol. The number of rotatable bonds is 11. The third-order valence-corrected chi connectivity index (χ3v) is 5.96. The first-order chi connectivity index (χ1) is 17.2. The largest absolute Gasteiger partial charge is 0.354 e. The number of hydrogen-bond acceptors (Lipinski definition) is 4. The predicted molar refractivity (Wildman–Crippen MR) is 140 cm³/mol. The van der Waals surface area contributed by atoms with Crippen LogP contribution in [0.1, 0.15) is 36.1 Å². The minimum atomic E-state index is -0.775. The van der Waals surface area contributed by atoms with E-state index >= 15 is 0 Å². The highest BCUT2D eigenvalue weighted by Crippen LogP contribution is 2.22. The van der Waals surface area contributed by atoms with Crippen molar-refractivity contribution in [3.63, 3.8) is 0 Å². The van der Waals surface area contributed by atoms with Gasteiger partial charge < -0.3 is 10.2 Å². The first kappa shape index (κ1) is 26.6. The SMILES string of the molecule is Cc1ccc(CN(C(=O)Cc2ccccc2[N+](=O)[O-])C(Cc2ccccc2)C(=O)NCC(C)C)cc1. The minimum absolute atomic E-state index is 0.106. The average molecular weight is 488 g/mol. The van der Waals surface area contributed by atoms with E-state index in [9.17, 15) is 19.7 Å². The zero-order valence-electron chi connectivity index (χ0n) is 21.0. The Labute approximate surface area is 212 Å². The van der Waals surface area contributed by atoms with Crippen molar-refractivity contribution < 1.29 is 14.5 Å². The number of nitrogens with zero attached hydrogens (tertiary/aromatic N) is 2. The molecule has 0 aliphatic carbocycles. The van der Waals surface area contributed by atoms with Gasteiger partial charge in [0.05, 0.1) is 11.3 Å². The van der Waals surface area contributed by atoms with Crippen molar-refractivity contribution in [2.45, 2.75) is 46.2 Å². The number of nitro groups is 1. The number of hydrogen-bond donors (Lipinski definition) is 1. The van der Waals surface area contributed by atoms with Gasteiger partial charge in [0.15, 0.2) is 0 Å². The van der Waals surface area contributed by atoms with Crippen LogP contribution in [0.5, 0.6) is 0 Å². The second-order valence-electron chi connectivity index (χ2n) is 9.41. The fourth-order valence-electron chi connectivity index (χ4n) is 3.97. The Balaban J connectivity index is 1.99. The molecular weight excluding hydrogens is 454 g/mol. The van der Waals surface area contributed by atoms with Gasteiger partial charge in [0.2, 0.25) is 11.8 Å². The lowest BCUT2D eigenvalue weighted by Gasteiger charge is -2.32. The molecule has 0 aromatic heterocycles. The molecule has 0 saturated heterocycles. The minimum Gasteiger partial charge on any atom is -0.354 e. The van der Waals surface area contributed by atoms with E-state index < -0.39 is 11.0 Å². The van der Waals surface area contributed by atoms with Crippen LogP contribution in [-0.4, -0.2) is 34.2 Å². The van der Waals surface area contributed by atoms with E-state index in [1.165, 1.54) is 6.07 Å². The van der Waals surface area contributed by atoms with E-state index in [2.05, 4.69) is 5.32 Å². The molecule has 7 nitrogen and oxygen atoms in total. The number of para-hydroxylation sites is 1. The Morgan fingerprint density at radius 3 is 2.19 bits per heavy atom. The number of nitrogens with one attached hydrogen (secondary N) is 1. The zero-order valence-corrected chi connectivity index (χ0v) is 21.0. The average Bonchev–Trinajstić information content (AvgIpc) is 2.86. The van der Waals surface area contributed by atoms with Crippen molar-refractivity contribution in [1.82, 2.24) is 10.2 Å². The van der Waals surface area contributed by atoms with E-state index in [-0.39, 0.29) is 36.4 Å². The second-order valence-corrected chi connectivity index (χ2v) is 9.41. The lowest BCUT2D eigenvalue weighted by Crippen LogP contribution is -2.51. The Morgan fingerprint density at radius 2 is 1.56 bits per heavy atom. The molecule has 0 aliphatic rings. The summed E-state index contributed by atoms with van der Waals surface area (Å²) in [4.78, 5) is 39.8. The van der Waals surface area contributed by atoms with Gasteiger partial charge in [-0.25, -0.2) is 0 Å². The van der Waals surface area contributed by atoms with E-state index in [0.29, 0.717) is 18.5 Å². The quantitative estimate of drug-likeness (QED) is 0.309. The highest BCUT2D eigenvalue weighted by Gasteiger charge is 2.31. The summed E-state index contributed by atoms with van der Waals surface area (Å²) in [7, 11) is 0. The molecule has 0 aliphatic heterocycles. The Kier molecular flexibility index (Phi) is 9.33. The summed E-state index contributed by atoms with van der Waals surface area (Å²) in [6.45, 7) is 6.71. The third-order valence-electron chi connectivity index (χ3n) is 5.96. The van der Waals surface area contributed by atoms with Crippen molar-refractivity contribution in [3.8, 4) is 0 Å². The van der Waals surface area contributed by atoms with E-state index in [4.69, 9.17) is 0 Å². The summed E-state index contributed by atoms with van der Waals surface area (Å²) >= 11 is 0. The van der Waals surface area contributed by atoms with E-state index in [0.717, 1.165) is 16.7 Å². The Hall–Kier alpha value is -4.00. The van der Waals surface area contributed by atoms with Crippen LogP contribution in [-0.2, 0) is 29.0 Å². The summed E-state index contributed by atoms with van der Waals surface area (Å²) in [5.74, 6) is -0.333. The Morgan fingerprint density at radius 1 is 0.917 bits per heavy atom. The molecule has 3 aromatic carbocycles.